The van der Waals surface area contributed by atoms with Crippen LogP contribution in [-0.2, 0) is 11.2 Å². The Balaban J connectivity index is 1.40. The number of pyridine rings is 1. The van der Waals surface area contributed by atoms with Crippen molar-refractivity contribution >= 4 is 33.9 Å². The molecule has 1 amide bonds. The quantitative estimate of drug-likeness (QED) is 0.500. The zero-order chi connectivity index (χ0) is 17.8. The van der Waals surface area contributed by atoms with E-state index in [2.05, 4.69) is 20.6 Å². The van der Waals surface area contributed by atoms with Crippen molar-refractivity contribution in [2.24, 2.45) is 0 Å². The number of anilines is 3. The number of carbonyl (C=O) groups excluding carboxylic acids is 1. The smallest absolute Gasteiger partial charge is 0.228 e. The normalized spacial score (nSPS) is 10.6. The third-order valence-electron chi connectivity index (χ3n) is 4.16. The van der Waals surface area contributed by atoms with Gasteiger partial charge in [0.25, 0.3) is 0 Å². The molecule has 128 valence electrons. The maximum Gasteiger partial charge on any atom is 0.228 e. The molecule has 0 aliphatic heterocycles. The van der Waals surface area contributed by atoms with Crippen molar-refractivity contribution in [1.82, 2.24) is 9.97 Å². The Morgan fingerprint density at radius 1 is 0.885 bits per heavy atom. The van der Waals surface area contributed by atoms with E-state index in [1.54, 1.807) is 12.4 Å². The van der Waals surface area contributed by atoms with Crippen molar-refractivity contribution in [2.45, 2.75) is 6.42 Å². The summed E-state index contributed by atoms with van der Waals surface area (Å²) in [5, 5.41) is 7.31. The molecule has 3 N–H and O–H groups in total. The van der Waals surface area contributed by atoms with E-state index in [0.29, 0.717) is 6.42 Å². The molecule has 4 rings (SSSR count). The standard InChI is InChI=1S/C21H18N4O/c26-21(13-15-14-23-20-4-2-1-3-19(15)20)25-17-7-5-16(6-8-17)24-18-9-11-22-12-10-18/h1-12,14,23H,13H2,(H,22,24)(H,25,26). The summed E-state index contributed by atoms with van der Waals surface area (Å²) in [6.07, 6.45) is 5.70. The van der Waals surface area contributed by atoms with Gasteiger partial charge in [0.2, 0.25) is 5.91 Å². The Morgan fingerprint density at radius 3 is 2.38 bits per heavy atom. The van der Waals surface area contributed by atoms with Gasteiger partial charge in [-0.2, -0.15) is 0 Å². The minimum Gasteiger partial charge on any atom is -0.361 e. The summed E-state index contributed by atoms with van der Waals surface area (Å²) < 4.78 is 0. The van der Waals surface area contributed by atoms with Crippen molar-refractivity contribution in [3.63, 3.8) is 0 Å². The molecular formula is C21H18N4O. The Morgan fingerprint density at radius 2 is 1.58 bits per heavy atom. The van der Waals surface area contributed by atoms with Gasteiger partial charge in [0.05, 0.1) is 6.42 Å². The largest absolute Gasteiger partial charge is 0.361 e. The number of hydrogen-bond donors (Lipinski definition) is 3. The molecule has 0 saturated heterocycles. The first-order valence-electron chi connectivity index (χ1n) is 8.40. The number of rotatable bonds is 5. The topological polar surface area (TPSA) is 69.8 Å². The Bertz CT molecular complexity index is 1020. The first kappa shape index (κ1) is 15.9. The zero-order valence-corrected chi connectivity index (χ0v) is 14.1. The van der Waals surface area contributed by atoms with Crippen molar-refractivity contribution in [2.75, 3.05) is 10.6 Å². The van der Waals surface area contributed by atoms with Gasteiger partial charge in [-0.05, 0) is 48.0 Å². The molecular weight excluding hydrogens is 324 g/mol. The van der Waals surface area contributed by atoms with E-state index in [9.17, 15) is 4.79 Å². The molecule has 0 aliphatic rings. The Kier molecular flexibility index (Phi) is 4.35. The molecule has 2 aromatic carbocycles. The average Bonchev–Trinajstić information content (AvgIpc) is 3.07. The lowest BCUT2D eigenvalue weighted by Crippen LogP contribution is -2.14. The number of H-pyrrole nitrogens is 1. The van der Waals surface area contributed by atoms with E-state index >= 15 is 0 Å². The zero-order valence-electron chi connectivity index (χ0n) is 14.1. The van der Waals surface area contributed by atoms with E-state index in [-0.39, 0.29) is 5.91 Å². The first-order valence-corrected chi connectivity index (χ1v) is 8.40. The molecule has 2 aromatic heterocycles. The van der Waals surface area contributed by atoms with Crippen LogP contribution in [0.3, 0.4) is 0 Å². The first-order chi connectivity index (χ1) is 12.8. The monoisotopic (exact) mass is 342 g/mol. The highest BCUT2D eigenvalue weighted by molar-refractivity contribution is 5.95. The lowest BCUT2D eigenvalue weighted by molar-refractivity contribution is -0.115. The number of benzene rings is 2. The van der Waals surface area contributed by atoms with Crippen LogP contribution in [-0.4, -0.2) is 15.9 Å². The molecule has 2 heterocycles. The lowest BCUT2D eigenvalue weighted by Gasteiger charge is -2.08. The summed E-state index contributed by atoms with van der Waals surface area (Å²) in [7, 11) is 0. The van der Waals surface area contributed by atoms with Gasteiger partial charge in [-0.15, -0.1) is 0 Å². The number of aromatic nitrogens is 2. The highest BCUT2D eigenvalue weighted by Crippen LogP contribution is 2.20. The van der Waals surface area contributed by atoms with Crippen LogP contribution in [0.15, 0.2) is 79.3 Å². The van der Waals surface area contributed by atoms with Gasteiger partial charge in [0.1, 0.15) is 0 Å². The molecule has 0 spiro atoms. The van der Waals surface area contributed by atoms with Gasteiger partial charge < -0.3 is 15.6 Å². The Labute approximate surface area is 151 Å². The van der Waals surface area contributed by atoms with Crippen molar-refractivity contribution in [3.05, 3.63) is 84.8 Å². The van der Waals surface area contributed by atoms with Gasteiger partial charge in [-0.3, -0.25) is 9.78 Å². The third-order valence-corrected chi connectivity index (χ3v) is 4.16. The number of fused-ring (bicyclic) bond motifs is 1. The van der Waals surface area contributed by atoms with Crippen LogP contribution >= 0.6 is 0 Å². The summed E-state index contributed by atoms with van der Waals surface area (Å²) in [5.74, 6) is -0.0374. The molecule has 0 unspecified atom stereocenters. The van der Waals surface area contributed by atoms with Crippen LogP contribution in [0, 0.1) is 0 Å². The highest BCUT2D eigenvalue weighted by Gasteiger charge is 2.09. The molecule has 5 heteroatoms. The SMILES string of the molecule is O=C(Cc1c[nH]c2ccccc12)Nc1ccc(Nc2ccncc2)cc1. The predicted octanol–water partition coefficient (Wildman–Crippen LogP) is 4.49. The molecule has 26 heavy (non-hydrogen) atoms. The Hall–Kier alpha value is -3.60. The fourth-order valence-electron chi connectivity index (χ4n) is 2.89. The number of amides is 1. The van der Waals surface area contributed by atoms with Gasteiger partial charge in [-0.1, -0.05) is 18.2 Å². The average molecular weight is 342 g/mol. The molecule has 0 fully saturated rings. The van der Waals surface area contributed by atoms with Crippen LogP contribution in [0.25, 0.3) is 10.9 Å². The summed E-state index contributed by atoms with van der Waals surface area (Å²) in [6, 6.07) is 19.4. The second-order valence-electron chi connectivity index (χ2n) is 6.02. The molecule has 0 bridgehead atoms. The number of hydrogen-bond acceptors (Lipinski definition) is 3. The minimum absolute atomic E-state index is 0.0374. The van der Waals surface area contributed by atoms with Crippen LogP contribution < -0.4 is 10.6 Å². The molecule has 4 aromatic rings. The van der Waals surface area contributed by atoms with Crippen LogP contribution in [0.5, 0.6) is 0 Å². The molecule has 0 atom stereocenters. The molecule has 0 saturated carbocycles. The number of para-hydroxylation sites is 1. The summed E-state index contributed by atoms with van der Waals surface area (Å²) >= 11 is 0. The highest BCUT2D eigenvalue weighted by atomic mass is 16.1. The van der Waals surface area contributed by atoms with E-state index < -0.39 is 0 Å². The van der Waals surface area contributed by atoms with Gasteiger partial charge >= 0.3 is 0 Å². The molecule has 0 aliphatic carbocycles. The van der Waals surface area contributed by atoms with Crippen LogP contribution in [0.4, 0.5) is 17.1 Å². The molecule has 0 radical (unpaired) electrons. The number of carbonyl (C=O) groups is 1. The van der Waals surface area contributed by atoms with Gasteiger partial charge in [-0.25, -0.2) is 0 Å². The number of nitrogens with zero attached hydrogens (tertiary/aromatic N) is 1. The summed E-state index contributed by atoms with van der Waals surface area (Å²) in [6.45, 7) is 0. The van der Waals surface area contributed by atoms with E-state index in [1.165, 1.54) is 0 Å². The van der Waals surface area contributed by atoms with E-state index in [0.717, 1.165) is 33.5 Å². The van der Waals surface area contributed by atoms with Gasteiger partial charge in [0, 0.05) is 46.6 Å². The molecule has 5 nitrogen and oxygen atoms in total. The number of nitrogens with one attached hydrogen (secondary N) is 3. The van der Waals surface area contributed by atoms with Crippen molar-refractivity contribution in [1.29, 1.82) is 0 Å². The minimum atomic E-state index is -0.0374. The fourth-order valence-corrected chi connectivity index (χ4v) is 2.89. The lowest BCUT2D eigenvalue weighted by atomic mass is 10.1. The maximum atomic E-state index is 12.4. The maximum absolute atomic E-state index is 12.4. The second kappa shape index (κ2) is 7.11. The fraction of sp³-hybridized carbons (Fsp3) is 0.0476. The van der Waals surface area contributed by atoms with Crippen molar-refractivity contribution < 1.29 is 4.79 Å². The van der Waals surface area contributed by atoms with E-state index in [4.69, 9.17) is 0 Å². The van der Waals surface area contributed by atoms with Crippen molar-refractivity contribution in [3.8, 4) is 0 Å². The number of aromatic amines is 1. The van der Waals surface area contributed by atoms with E-state index in [1.807, 2.05) is 66.9 Å². The van der Waals surface area contributed by atoms with Crippen LogP contribution in [0.2, 0.25) is 0 Å². The summed E-state index contributed by atoms with van der Waals surface area (Å²) in [4.78, 5) is 19.5. The predicted molar refractivity (Wildman–Crippen MR) is 105 cm³/mol. The second-order valence-corrected chi connectivity index (χ2v) is 6.02. The summed E-state index contributed by atoms with van der Waals surface area (Å²) in [5.41, 5.74) is 4.73. The van der Waals surface area contributed by atoms with Crippen LogP contribution in [0.1, 0.15) is 5.56 Å². The third kappa shape index (κ3) is 3.57. The van der Waals surface area contributed by atoms with Gasteiger partial charge in [0.15, 0.2) is 0 Å².